The molecular formula is C18H21FN3O2+. The Morgan fingerprint density at radius 2 is 1.50 bits per heavy atom. The number of hydrogen-bond donors (Lipinski definition) is 3. The standard InChI is InChI=1S/C18H20FN3O2/c1-13(23)20-16-7-9-17(10-8-16)21-18(24)12-22(2)11-14-3-5-15(19)6-4-14/h3-10H,11-12H2,1-2H3,(H,20,23)(H,21,24)/p+1. The molecule has 0 aromatic heterocycles. The van der Waals surface area contributed by atoms with E-state index in [0.29, 0.717) is 24.5 Å². The molecule has 0 saturated carbocycles. The van der Waals surface area contributed by atoms with Crippen molar-refractivity contribution >= 4 is 23.2 Å². The molecule has 3 N–H and O–H groups in total. The van der Waals surface area contributed by atoms with Crippen LogP contribution in [0.5, 0.6) is 0 Å². The molecule has 0 aliphatic carbocycles. The van der Waals surface area contributed by atoms with E-state index in [-0.39, 0.29) is 17.6 Å². The van der Waals surface area contributed by atoms with Gasteiger partial charge in [-0.15, -0.1) is 0 Å². The van der Waals surface area contributed by atoms with E-state index in [1.807, 2.05) is 7.05 Å². The molecule has 2 amide bonds. The third kappa shape index (κ3) is 5.81. The molecule has 0 radical (unpaired) electrons. The number of benzene rings is 2. The van der Waals surface area contributed by atoms with Crippen molar-refractivity contribution in [1.82, 2.24) is 0 Å². The molecule has 0 saturated heterocycles. The highest BCUT2D eigenvalue weighted by molar-refractivity contribution is 5.92. The van der Waals surface area contributed by atoms with E-state index >= 15 is 0 Å². The minimum absolute atomic E-state index is 0.109. The first-order valence-electron chi connectivity index (χ1n) is 7.65. The smallest absolute Gasteiger partial charge is 0.279 e. The predicted octanol–water partition coefficient (Wildman–Crippen LogP) is 1.44. The number of rotatable bonds is 6. The lowest BCUT2D eigenvalue weighted by atomic mass is 10.2. The number of hydrogen-bond acceptors (Lipinski definition) is 2. The van der Waals surface area contributed by atoms with Crippen LogP contribution < -0.4 is 15.5 Å². The minimum Gasteiger partial charge on any atom is -0.326 e. The molecule has 0 fully saturated rings. The van der Waals surface area contributed by atoms with E-state index < -0.39 is 0 Å². The highest BCUT2D eigenvalue weighted by atomic mass is 19.1. The molecule has 0 aliphatic heterocycles. The van der Waals surface area contributed by atoms with Gasteiger partial charge < -0.3 is 15.5 Å². The third-order valence-electron chi connectivity index (χ3n) is 3.37. The van der Waals surface area contributed by atoms with Crippen molar-refractivity contribution in [1.29, 1.82) is 0 Å². The maximum atomic E-state index is 12.9. The summed E-state index contributed by atoms with van der Waals surface area (Å²) in [5, 5.41) is 5.48. The van der Waals surface area contributed by atoms with Gasteiger partial charge in [0, 0.05) is 23.9 Å². The molecule has 0 aliphatic rings. The average Bonchev–Trinajstić information content (AvgIpc) is 2.51. The first kappa shape index (κ1) is 17.6. The number of likely N-dealkylation sites (N-methyl/N-ethyl adjacent to an activating group) is 1. The Bertz CT molecular complexity index is 699. The fraction of sp³-hybridized carbons (Fsp3) is 0.222. The van der Waals surface area contributed by atoms with Gasteiger partial charge in [-0.1, -0.05) is 12.1 Å². The fourth-order valence-electron chi connectivity index (χ4n) is 2.33. The molecule has 2 rings (SSSR count). The van der Waals surface area contributed by atoms with E-state index in [1.165, 1.54) is 19.1 Å². The van der Waals surface area contributed by atoms with Crippen LogP contribution in [0.4, 0.5) is 15.8 Å². The fourth-order valence-corrected chi connectivity index (χ4v) is 2.33. The Balaban J connectivity index is 1.83. The molecule has 1 unspecified atom stereocenters. The zero-order valence-corrected chi connectivity index (χ0v) is 13.7. The Kier molecular flexibility index (Phi) is 6.03. The molecule has 0 bridgehead atoms. The van der Waals surface area contributed by atoms with Gasteiger partial charge in [0.05, 0.1) is 7.05 Å². The zero-order chi connectivity index (χ0) is 17.5. The van der Waals surface area contributed by atoms with Crippen LogP contribution in [-0.4, -0.2) is 25.4 Å². The van der Waals surface area contributed by atoms with Gasteiger partial charge in [-0.25, -0.2) is 4.39 Å². The van der Waals surface area contributed by atoms with Gasteiger partial charge in [0.1, 0.15) is 12.4 Å². The SMILES string of the molecule is CC(=O)Nc1ccc(NC(=O)C[NH+](C)Cc2ccc(F)cc2)cc1. The Morgan fingerprint density at radius 3 is 2.04 bits per heavy atom. The van der Waals surface area contributed by atoms with Crippen molar-refractivity contribution in [2.75, 3.05) is 24.2 Å². The van der Waals surface area contributed by atoms with Crippen LogP contribution in [0.1, 0.15) is 12.5 Å². The Hall–Kier alpha value is -2.73. The molecule has 0 spiro atoms. The van der Waals surface area contributed by atoms with E-state index in [4.69, 9.17) is 0 Å². The molecule has 2 aromatic rings. The molecule has 6 heteroatoms. The summed E-state index contributed by atoms with van der Waals surface area (Å²) in [7, 11) is 1.91. The molecule has 5 nitrogen and oxygen atoms in total. The lowest BCUT2D eigenvalue weighted by molar-refractivity contribution is -0.885. The van der Waals surface area contributed by atoms with Crippen LogP contribution >= 0.6 is 0 Å². The summed E-state index contributed by atoms with van der Waals surface area (Å²) in [6, 6.07) is 13.2. The molecule has 126 valence electrons. The Morgan fingerprint density at radius 1 is 0.958 bits per heavy atom. The van der Waals surface area contributed by atoms with Gasteiger partial charge in [0.15, 0.2) is 6.54 Å². The summed E-state index contributed by atoms with van der Waals surface area (Å²) in [6.45, 7) is 2.37. The zero-order valence-electron chi connectivity index (χ0n) is 13.7. The van der Waals surface area contributed by atoms with Crippen LogP contribution in [0.25, 0.3) is 0 Å². The van der Waals surface area contributed by atoms with Crippen molar-refractivity contribution < 1.29 is 18.9 Å². The van der Waals surface area contributed by atoms with Crippen molar-refractivity contribution in [2.45, 2.75) is 13.5 Å². The normalized spacial score (nSPS) is 11.6. The summed E-state index contributed by atoms with van der Waals surface area (Å²) in [6.07, 6.45) is 0. The van der Waals surface area contributed by atoms with Gasteiger partial charge in [0.2, 0.25) is 5.91 Å². The second-order valence-electron chi connectivity index (χ2n) is 5.74. The number of amides is 2. The maximum Gasteiger partial charge on any atom is 0.279 e. The Labute approximate surface area is 140 Å². The first-order valence-corrected chi connectivity index (χ1v) is 7.65. The van der Waals surface area contributed by atoms with Crippen molar-refractivity contribution in [3.05, 3.63) is 59.9 Å². The average molecular weight is 330 g/mol. The number of nitrogens with one attached hydrogen (secondary N) is 3. The minimum atomic E-state index is -0.267. The molecular weight excluding hydrogens is 309 g/mol. The van der Waals surface area contributed by atoms with Crippen LogP contribution in [0.2, 0.25) is 0 Å². The lowest BCUT2D eigenvalue weighted by Crippen LogP contribution is -3.08. The largest absolute Gasteiger partial charge is 0.326 e. The number of quaternary nitrogens is 1. The summed E-state index contributed by atoms with van der Waals surface area (Å²) in [5.74, 6) is -0.517. The van der Waals surface area contributed by atoms with Gasteiger partial charge in [-0.05, 0) is 36.4 Å². The topological polar surface area (TPSA) is 62.6 Å². The highest BCUT2D eigenvalue weighted by Gasteiger charge is 2.11. The number of anilines is 2. The van der Waals surface area contributed by atoms with Crippen LogP contribution in [0, 0.1) is 5.82 Å². The lowest BCUT2D eigenvalue weighted by Gasteiger charge is -2.14. The van der Waals surface area contributed by atoms with Crippen molar-refractivity contribution in [3.8, 4) is 0 Å². The number of carbonyl (C=O) groups is 2. The molecule has 24 heavy (non-hydrogen) atoms. The third-order valence-corrected chi connectivity index (χ3v) is 3.37. The number of carbonyl (C=O) groups excluding carboxylic acids is 2. The monoisotopic (exact) mass is 330 g/mol. The van der Waals surface area contributed by atoms with Crippen LogP contribution in [0.15, 0.2) is 48.5 Å². The van der Waals surface area contributed by atoms with E-state index in [2.05, 4.69) is 10.6 Å². The molecule has 1 atom stereocenters. The van der Waals surface area contributed by atoms with Gasteiger partial charge >= 0.3 is 0 Å². The van der Waals surface area contributed by atoms with Gasteiger partial charge in [-0.3, -0.25) is 9.59 Å². The van der Waals surface area contributed by atoms with E-state index in [0.717, 1.165) is 10.5 Å². The summed E-state index contributed by atoms with van der Waals surface area (Å²) < 4.78 is 12.9. The predicted molar refractivity (Wildman–Crippen MR) is 91.2 cm³/mol. The van der Waals surface area contributed by atoms with E-state index in [9.17, 15) is 14.0 Å². The van der Waals surface area contributed by atoms with Gasteiger partial charge in [-0.2, -0.15) is 0 Å². The van der Waals surface area contributed by atoms with Gasteiger partial charge in [0.25, 0.3) is 5.91 Å². The second kappa shape index (κ2) is 8.21. The van der Waals surface area contributed by atoms with Crippen LogP contribution in [-0.2, 0) is 16.1 Å². The summed E-state index contributed by atoms with van der Waals surface area (Å²) in [5.41, 5.74) is 2.32. The maximum absolute atomic E-state index is 12.9. The van der Waals surface area contributed by atoms with Crippen LogP contribution in [0.3, 0.4) is 0 Å². The van der Waals surface area contributed by atoms with Crippen molar-refractivity contribution in [3.63, 3.8) is 0 Å². The summed E-state index contributed by atoms with van der Waals surface area (Å²) >= 11 is 0. The highest BCUT2D eigenvalue weighted by Crippen LogP contribution is 2.13. The van der Waals surface area contributed by atoms with E-state index in [1.54, 1.807) is 36.4 Å². The second-order valence-corrected chi connectivity index (χ2v) is 5.74. The van der Waals surface area contributed by atoms with Crippen molar-refractivity contribution in [2.24, 2.45) is 0 Å². The first-order chi connectivity index (χ1) is 11.4. The quantitative estimate of drug-likeness (QED) is 0.750. The number of halogens is 1. The molecule has 2 aromatic carbocycles. The molecule has 0 heterocycles. The summed E-state index contributed by atoms with van der Waals surface area (Å²) in [4.78, 5) is 24.0.